The van der Waals surface area contributed by atoms with E-state index in [0.29, 0.717) is 22.0 Å². The minimum absolute atomic E-state index is 0.0841. The van der Waals surface area contributed by atoms with Gasteiger partial charge in [-0.25, -0.2) is 9.79 Å². The fourth-order valence-electron chi connectivity index (χ4n) is 1.78. The van der Waals surface area contributed by atoms with E-state index >= 15 is 0 Å². The van der Waals surface area contributed by atoms with Crippen LogP contribution >= 0.6 is 11.6 Å². The highest BCUT2D eigenvalue weighted by molar-refractivity contribution is 6.32. The molecule has 0 amide bonds. The number of aliphatic imine (C=N–C) groups is 1. The molecule has 1 aliphatic rings. The first-order valence-electron chi connectivity index (χ1n) is 5.58. The molecule has 1 aromatic rings. The lowest BCUT2D eigenvalue weighted by molar-refractivity contribution is -0.135. The van der Waals surface area contributed by atoms with Gasteiger partial charge in [-0.15, -0.1) is 0 Å². The molecule has 1 heterocycles. The summed E-state index contributed by atoms with van der Waals surface area (Å²) in [6, 6.07) is 7.17. The van der Waals surface area contributed by atoms with Crippen molar-refractivity contribution in [3.8, 4) is 0 Å². The first-order valence-corrected chi connectivity index (χ1v) is 5.96. The van der Waals surface area contributed by atoms with E-state index in [1.54, 1.807) is 25.1 Å². The van der Waals surface area contributed by atoms with Crippen LogP contribution in [0.2, 0.25) is 5.02 Å². The van der Waals surface area contributed by atoms with Crippen molar-refractivity contribution in [3.05, 3.63) is 51.9 Å². The Morgan fingerprint density at radius 2 is 2.11 bits per heavy atom. The first kappa shape index (κ1) is 13.4. The summed E-state index contributed by atoms with van der Waals surface area (Å²) in [7, 11) is 1.26. The number of hydrogen-bond acceptors (Lipinski definition) is 4. The summed E-state index contributed by atoms with van der Waals surface area (Å²) >= 11 is 6.03. The van der Waals surface area contributed by atoms with Crippen molar-refractivity contribution < 1.29 is 14.6 Å². The Bertz CT molecular complexity index is 629. The Morgan fingerprint density at radius 1 is 1.42 bits per heavy atom. The maximum Gasteiger partial charge on any atom is 0.343 e. The first-order chi connectivity index (χ1) is 9.04. The zero-order chi connectivity index (χ0) is 14.0. The van der Waals surface area contributed by atoms with E-state index in [1.165, 1.54) is 7.11 Å². The molecule has 0 aromatic heterocycles. The summed E-state index contributed by atoms with van der Waals surface area (Å²) in [6.07, 6.45) is 1.62. The molecule has 1 aromatic carbocycles. The second kappa shape index (κ2) is 5.28. The van der Waals surface area contributed by atoms with Crippen LogP contribution in [0.1, 0.15) is 12.5 Å². The molecule has 0 atom stereocenters. The van der Waals surface area contributed by atoms with Crippen LogP contribution in [0.3, 0.4) is 0 Å². The van der Waals surface area contributed by atoms with Gasteiger partial charge in [-0.05, 0) is 24.6 Å². The van der Waals surface area contributed by atoms with Crippen LogP contribution < -0.4 is 0 Å². The number of aliphatic hydroxyl groups excluding tert-OH is 1. The van der Waals surface area contributed by atoms with E-state index in [-0.39, 0.29) is 11.3 Å². The number of hydrogen-bond donors (Lipinski definition) is 1. The molecule has 0 bridgehead atoms. The smallest absolute Gasteiger partial charge is 0.343 e. The minimum Gasteiger partial charge on any atom is -0.505 e. The molecule has 0 fully saturated rings. The van der Waals surface area contributed by atoms with Gasteiger partial charge in [-0.2, -0.15) is 0 Å². The van der Waals surface area contributed by atoms with Crippen molar-refractivity contribution in [2.24, 2.45) is 4.99 Å². The maximum atomic E-state index is 11.5. The second-order valence-electron chi connectivity index (χ2n) is 3.96. The highest BCUT2D eigenvalue weighted by Crippen LogP contribution is 2.28. The lowest BCUT2D eigenvalue weighted by Crippen LogP contribution is -2.11. The van der Waals surface area contributed by atoms with E-state index in [1.807, 2.05) is 12.1 Å². The van der Waals surface area contributed by atoms with Gasteiger partial charge < -0.3 is 9.84 Å². The number of nitrogens with zero attached hydrogens (tertiary/aromatic N) is 1. The number of ether oxygens (including phenoxy) is 1. The molecule has 0 saturated heterocycles. The highest BCUT2D eigenvalue weighted by Gasteiger charge is 2.27. The van der Waals surface area contributed by atoms with Crippen molar-refractivity contribution in [1.82, 2.24) is 0 Å². The third kappa shape index (κ3) is 2.53. The van der Waals surface area contributed by atoms with Crippen molar-refractivity contribution in [2.75, 3.05) is 7.11 Å². The molecule has 19 heavy (non-hydrogen) atoms. The van der Waals surface area contributed by atoms with Gasteiger partial charge in [0.2, 0.25) is 0 Å². The third-order valence-electron chi connectivity index (χ3n) is 2.72. The molecule has 0 spiro atoms. The van der Waals surface area contributed by atoms with Gasteiger partial charge >= 0.3 is 5.97 Å². The second-order valence-corrected chi connectivity index (χ2v) is 4.37. The Morgan fingerprint density at radius 3 is 2.74 bits per heavy atom. The maximum absolute atomic E-state index is 11.5. The number of halogens is 1. The Labute approximate surface area is 115 Å². The summed E-state index contributed by atoms with van der Waals surface area (Å²) in [5, 5.41) is 10.6. The van der Waals surface area contributed by atoms with Crippen LogP contribution in [-0.2, 0) is 9.53 Å². The van der Waals surface area contributed by atoms with Gasteiger partial charge in [0.05, 0.1) is 12.8 Å². The summed E-state index contributed by atoms with van der Waals surface area (Å²) < 4.78 is 4.61. The Kier molecular flexibility index (Phi) is 3.71. The fourth-order valence-corrected chi connectivity index (χ4v) is 1.97. The molecule has 2 rings (SSSR count). The third-order valence-corrected chi connectivity index (χ3v) is 3.06. The van der Waals surface area contributed by atoms with Gasteiger partial charge in [0, 0.05) is 5.02 Å². The molecule has 0 saturated carbocycles. The molecular weight excluding hydrogens is 266 g/mol. The number of aliphatic hydroxyl groups is 1. The molecule has 5 heteroatoms. The van der Waals surface area contributed by atoms with E-state index in [4.69, 9.17) is 11.6 Å². The summed E-state index contributed by atoms with van der Waals surface area (Å²) in [5.41, 5.74) is 1.52. The average Bonchev–Trinajstić information content (AvgIpc) is 2.66. The van der Waals surface area contributed by atoms with Crippen LogP contribution in [0, 0.1) is 0 Å². The van der Waals surface area contributed by atoms with E-state index in [9.17, 15) is 9.90 Å². The Balaban J connectivity index is 2.47. The molecule has 1 N–H and O–H groups in total. The fraction of sp³-hybridized carbons (Fsp3) is 0.143. The monoisotopic (exact) mass is 277 g/mol. The molecule has 0 aliphatic carbocycles. The number of esters is 1. The zero-order valence-electron chi connectivity index (χ0n) is 10.5. The molecule has 0 radical (unpaired) electrons. The van der Waals surface area contributed by atoms with Gasteiger partial charge in [-0.3, -0.25) is 0 Å². The average molecular weight is 278 g/mol. The Hall–Kier alpha value is -2.07. The number of rotatable bonds is 2. The summed E-state index contributed by atoms with van der Waals surface area (Å²) in [6.45, 7) is 1.63. The lowest BCUT2D eigenvalue weighted by atomic mass is 10.1. The number of methoxy groups -OCH3 is 1. The van der Waals surface area contributed by atoms with Crippen molar-refractivity contribution in [3.63, 3.8) is 0 Å². The molecule has 0 unspecified atom stereocenters. The van der Waals surface area contributed by atoms with E-state index < -0.39 is 5.97 Å². The van der Waals surface area contributed by atoms with Crippen LogP contribution in [0.5, 0.6) is 0 Å². The summed E-state index contributed by atoms with van der Waals surface area (Å²) in [4.78, 5) is 15.7. The van der Waals surface area contributed by atoms with Crippen LogP contribution in [0.15, 0.2) is 46.3 Å². The van der Waals surface area contributed by atoms with Crippen molar-refractivity contribution >= 4 is 29.4 Å². The predicted molar refractivity (Wildman–Crippen MR) is 74.2 cm³/mol. The lowest BCUT2D eigenvalue weighted by Gasteiger charge is -2.01. The highest BCUT2D eigenvalue weighted by atomic mass is 35.5. The van der Waals surface area contributed by atoms with Crippen LogP contribution in [0.25, 0.3) is 6.08 Å². The van der Waals surface area contributed by atoms with Gasteiger partial charge in [0.25, 0.3) is 0 Å². The van der Waals surface area contributed by atoms with Gasteiger partial charge in [0.15, 0.2) is 5.76 Å². The quantitative estimate of drug-likeness (QED) is 0.845. The number of carbonyl (C=O) groups excluding carboxylic acids is 1. The summed E-state index contributed by atoms with van der Waals surface area (Å²) in [5.74, 6) is -0.800. The molecular formula is C14H12ClNO3. The normalized spacial score (nSPS) is 16.8. The SMILES string of the molecule is COC(=O)C1=C(O)/C(=C\c2ccccc2Cl)N=C1C. The zero-order valence-corrected chi connectivity index (χ0v) is 11.2. The predicted octanol–water partition coefficient (Wildman–Crippen LogP) is 3.14. The number of benzene rings is 1. The number of carbonyl (C=O) groups is 1. The molecule has 4 nitrogen and oxygen atoms in total. The van der Waals surface area contributed by atoms with Crippen molar-refractivity contribution in [1.29, 1.82) is 0 Å². The van der Waals surface area contributed by atoms with Gasteiger partial charge in [-0.1, -0.05) is 29.8 Å². The molecule has 98 valence electrons. The standard InChI is InChI=1S/C14H12ClNO3/c1-8-12(14(18)19-2)13(17)11(16-8)7-9-5-3-4-6-10(9)15/h3-7,17H,1-2H3/b11-7+. The van der Waals surface area contributed by atoms with Crippen molar-refractivity contribution in [2.45, 2.75) is 6.92 Å². The van der Waals surface area contributed by atoms with Crippen LogP contribution in [-0.4, -0.2) is 23.9 Å². The largest absolute Gasteiger partial charge is 0.505 e. The van der Waals surface area contributed by atoms with Crippen LogP contribution in [0.4, 0.5) is 0 Å². The topological polar surface area (TPSA) is 58.9 Å². The molecule has 1 aliphatic heterocycles. The van der Waals surface area contributed by atoms with Gasteiger partial charge in [0.1, 0.15) is 11.3 Å². The minimum atomic E-state index is -0.610. The van der Waals surface area contributed by atoms with E-state index in [0.717, 1.165) is 0 Å². The van der Waals surface area contributed by atoms with E-state index in [2.05, 4.69) is 9.73 Å².